The van der Waals surface area contributed by atoms with Crippen LogP contribution < -0.4 is 4.72 Å². The molecule has 3 fully saturated rings. The minimum absolute atomic E-state index is 0.0322. The van der Waals surface area contributed by atoms with Crippen LogP contribution in [0.1, 0.15) is 90.2 Å². The standard InChI is InChI=1S/C38H46FN3O10S/c1-6-9-26(43)13-12-23(16-33(45)52-37(3,4)5)34(46)42-21-27(51-36(48)41-20-24-10-8-11-30(39)29(24)22-41)17-31(42)32(44)19-38(18-25(38)7-2)35(47)40-53(49,50)28-14-15-28/h7-8,10-11,23,25,27-28,31H,2,12-22H2,1,3-5H3,(H,40,47)/t23-,25-,27?,31?,38-/m1/s1. The average molecular weight is 756 g/mol. The SMILES string of the molecule is C=C[C@@H]1C[C@]1(CC(=O)C1CC(OC(=O)N2Cc3cccc(F)c3C2)CN1C(=O)[C@H](CCC(=O)C#CC)CC(=O)OC(C)(C)C)C(=O)NS(=O)(=O)C1CC1. The molecule has 286 valence electrons. The molecule has 2 saturated carbocycles. The number of carbonyl (C=O) groups excluding carboxylic acids is 6. The number of hydrogen-bond donors (Lipinski definition) is 1. The molecule has 1 N–H and O–H groups in total. The van der Waals surface area contributed by atoms with Crippen LogP contribution in [0.3, 0.4) is 0 Å². The van der Waals surface area contributed by atoms with Crippen molar-refractivity contribution in [1.29, 1.82) is 0 Å². The van der Waals surface area contributed by atoms with Gasteiger partial charge in [0.25, 0.3) is 0 Å². The topological polar surface area (TPSA) is 174 Å². The zero-order chi connectivity index (χ0) is 38.9. The second-order valence-electron chi connectivity index (χ2n) is 15.3. The first-order valence-electron chi connectivity index (χ1n) is 17.8. The van der Waals surface area contributed by atoms with Crippen molar-refractivity contribution in [3.63, 3.8) is 0 Å². The number of likely N-dealkylation sites (tertiary alicyclic amines) is 1. The summed E-state index contributed by atoms with van der Waals surface area (Å²) in [5.74, 6) is -0.338. The van der Waals surface area contributed by atoms with E-state index in [2.05, 4.69) is 23.1 Å². The summed E-state index contributed by atoms with van der Waals surface area (Å²) >= 11 is 0. The molecule has 5 atom stereocenters. The Morgan fingerprint density at radius 2 is 1.87 bits per heavy atom. The first-order valence-corrected chi connectivity index (χ1v) is 19.3. The highest BCUT2D eigenvalue weighted by molar-refractivity contribution is 7.90. The molecule has 4 aliphatic rings. The van der Waals surface area contributed by atoms with Gasteiger partial charge in [0.2, 0.25) is 27.6 Å². The zero-order valence-corrected chi connectivity index (χ0v) is 31.3. The van der Waals surface area contributed by atoms with Crippen LogP contribution in [0.15, 0.2) is 30.9 Å². The maximum absolute atomic E-state index is 14.4. The number of esters is 1. The Bertz CT molecular complexity index is 1880. The van der Waals surface area contributed by atoms with Crippen molar-refractivity contribution >= 4 is 45.5 Å². The Hall–Kier alpha value is -4.58. The smallest absolute Gasteiger partial charge is 0.410 e. The van der Waals surface area contributed by atoms with Crippen LogP contribution in [0.4, 0.5) is 9.18 Å². The zero-order valence-electron chi connectivity index (χ0n) is 30.4. The molecule has 2 aliphatic carbocycles. The fourth-order valence-corrected chi connectivity index (χ4v) is 8.49. The first kappa shape index (κ1) is 39.6. The third-order valence-corrected chi connectivity index (χ3v) is 11.9. The summed E-state index contributed by atoms with van der Waals surface area (Å²) in [5.41, 5.74) is -1.29. The molecule has 0 radical (unpaired) electrons. The maximum Gasteiger partial charge on any atom is 0.410 e. The highest BCUT2D eigenvalue weighted by Crippen LogP contribution is 2.57. The van der Waals surface area contributed by atoms with E-state index in [1.165, 1.54) is 28.9 Å². The van der Waals surface area contributed by atoms with Crippen molar-refractivity contribution in [2.45, 2.75) is 115 Å². The van der Waals surface area contributed by atoms with E-state index in [0.717, 1.165) is 0 Å². The molecule has 0 aromatic heterocycles. The average Bonchev–Trinajstić information content (AvgIpc) is 3.96. The summed E-state index contributed by atoms with van der Waals surface area (Å²) in [6.07, 6.45) is -0.499. The molecule has 1 saturated heterocycles. The summed E-state index contributed by atoms with van der Waals surface area (Å²) in [6.45, 7) is 10.1. The lowest BCUT2D eigenvalue weighted by Crippen LogP contribution is -2.46. The van der Waals surface area contributed by atoms with Gasteiger partial charge in [0, 0.05) is 37.3 Å². The van der Waals surface area contributed by atoms with Gasteiger partial charge in [-0.1, -0.05) is 24.1 Å². The van der Waals surface area contributed by atoms with Crippen LogP contribution in [0, 0.1) is 34.9 Å². The number of ether oxygens (including phenoxy) is 2. The minimum Gasteiger partial charge on any atom is -0.460 e. The predicted octanol–water partition coefficient (Wildman–Crippen LogP) is 3.73. The molecule has 0 spiro atoms. The predicted molar refractivity (Wildman–Crippen MR) is 188 cm³/mol. The molecular formula is C38H46FN3O10S. The number of Topliss-reactive ketones (excluding diaryl/α,β-unsaturated/α-hetero) is 2. The van der Waals surface area contributed by atoms with Gasteiger partial charge in [-0.25, -0.2) is 17.6 Å². The van der Waals surface area contributed by atoms with Gasteiger partial charge >= 0.3 is 12.1 Å². The monoisotopic (exact) mass is 755 g/mol. The van der Waals surface area contributed by atoms with Crippen LogP contribution in [-0.2, 0) is 56.6 Å². The summed E-state index contributed by atoms with van der Waals surface area (Å²) < 4.78 is 53.2. The highest BCUT2D eigenvalue weighted by Gasteiger charge is 2.61. The van der Waals surface area contributed by atoms with E-state index in [0.29, 0.717) is 24.0 Å². The van der Waals surface area contributed by atoms with E-state index < -0.39 is 104 Å². The molecule has 5 rings (SSSR count). The lowest BCUT2D eigenvalue weighted by molar-refractivity contribution is -0.159. The molecule has 2 heterocycles. The van der Waals surface area contributed by atoms with Gasteiger partial charge in [0.05, 0.1) is 36.2 Å². The minimum atomic E-state index is -3.92. The van der Waals surface area contributed by atoms with Crippen LogP contribution in [0.25, 0.3) is 0 Å². The van der Waals surface area contributed by atoms with Crippen molar-refractivity contribution in [2.75, 3.05) is 6.54 Å². The van der Waals surface area contributed by atoms with Crippen LogP contribution in [0.5, 0.6) is 0 Å². The highest BCUT2D eigenvalue weighted by atomic mass is 32.2. The van der Waals surface area contributed by atoms with Crippen LogP contribution in [0.2, 0.25) is 0 Å². The maximum atomic E-state index is 14.4. The summed E-state index contributed by atoms with van der Waals surface area (Å²) in [6, 6.07) is 3.32. The number of allylic oxidation sites excluding steroid dienone is 1. The van der Waals surface area contributed by atoms with Gasteiger partial charge < -0.3 is 14.4 Å². The first-order chi connectivity index (χ1) is 24.9. The molecule has 3 amide bonds. The van der Waals surface area contributed by atoms with Crippen LogP contribution >= 0.6 is 0 Å². The second kappa shape index (κ2) is 15.4. The molecule has 13 nitrogen and oxygen atoms in total. The lowest BCUT2D eigenvalue weighted by atomic mass is 9.90. The summed E-state index contributed by atoms with van der Waals surface area (Å²) in [7, 11) is -3.92. The normalized spacial score (nSPS) is 23.9. The Morgan fingerprint density at radius 1 is 1.15 bits per heavy atom. The van der Waals surface area contributed by atoms with Gasteiger partial charge in [-0.3, -0.25) is 33.6 Å². The molecule has 0 bridgehead atoms. The van der Waals surface area contributed by atoms with Crippen molar-refractivity contribution in [3.05, 3.63) is 47.8 Å². The number of nitrogens with one attached hydrogen (secondary N) is 1. The second-order valence-corrected chi connectivity index (χ2v) is 17.3. The van der Waals surface area contributed by atoms with E-state index in [9.17, 15) is 41.6 Å². The number of ketones is 2. The Balaban J connectivity index is 1.39. The van der Waals surface area contributed by atoms with Gasteiger partial charge in [0.1, 0.15) is 17.5 Å². The quantitative estimate of drug-likeness (QED) is 0.128. The molecule has 53 heavy (non-hydrogen) atoms. The van der Waals surface area contributed by atoms with Crippen molar-refractivity contribution in [1.82, 2.24) is 14.5 Å². The fraction of sp³-hybridized carbons (Fsp3) is 0.579. The van der Waals surface area contributed by atoms with Gasteiger partial charge in [-0.05, 0) is 76.8 Å². The fourth-order valence-electron chi connectivity index (χ4n) is 7.11. The van der Waals surface area contributed by atoms with E-state index in [1.807, 2.05) is 0 Å². The van der Waals surface area contributed by atoms with Gasteiger partial charge in [-0.15, -0.1) is 6.58 Å². The number of amides is 3. The van der Waals surface area contributed by atoms with Crippen molar-refractivity contribution in [3.8, 4) is 11.8 Å². The number of rotatable bonds is 14. The molecular weight excluding hydrogens is 709 g/mol. The van der Waals surface area contributed by atoms with Crippen molar-refractivity contribution in [2.24, 2.45) is 17.3 Å². The molecule has 1 aromatic rings. The van der Waals surface area contributed by atoms with E-state index >= 15 is 0 Å². The Labute approximate surface area is 309 Å². The number of carbonyl (C=O) groups is 6. The summed E-state index contributed by atoms with van der Waals surface area (Å²) in [5, 5.41) is -0.671. The molecule has 15 heteroatoms. The lowest BCUT2D eigenvalue weighted by Gasteiger charge is -2.29. The number of halogens is 1. The Morgan fingerprint density at radius 3 is 2.47 bits per heavy atom. The number of nitrogens with zero attached hydrogens (tertiary/aromatic N) is 2. The molecule has 2 aliphatic heterocycles. The van der Waals surface area contributed by atoms with E-state index in [4.69, 9.17) is 9.47 Å². The van der Waals surface area contributed by atoms with Gasteiger partial charge in [0.15, 0.2) is 5.78 Å². The number of benzene rings is 1. The van der Waals surface area contributed by atoms with E-state index in [1.54, 1.807) is 32.9 Å². The van der Waals surface area contributed by atoms with Crippen LogP contribution in [-0.4, -0.2) is 83.2 Å². The van der Waals surface area contributed by atoms with Crippen molar-refractivity contribution < 1.29 is 51.0 Å². The third-order valence-electron chi connectivity index (χ3n) is 10.1. The van der Waals surface area contributed by atoms with Gasteiger partial charge in [-0.2, -0.15) is 0 Å². The number of hydrogen-bond acceptors (Lipinski definition) is 10. The Kier molecular flexibility index (Phi) is 11.5. The largest absolute Gasteiger partial charge is 0.460 e. The van der Waals surface area contributed by atoms with E-state index in [-0.39, 0.29) is 45.3 Å². The number of fused-ring (bicyclic) bond motifs is 1. The number of sulfonamides is 1. The summed E-state index contributed by atoms with van der Waals surface area (Å²) in [4.78, 5) is 83.3. The molecule has 2 unspecified atom stereocenters. The molecule has 1 aromatic carbocycles. The third kappa shape index (κ3) is 9.33.